The van der Waals surface area contributed by atoms with Gasteiger partial charge in [-0.15, -0.1) is 6.42 Å². The Kier molecular flexibility index (Phi) is 8.02. The van der Waals surface area contributed by atoms with Crippen LogP contribution in [-0.2, 0) is 18.3 Å². The molecule has 1 fully saturated rings. The quantitative estimate of drug-likeness (QED) is 0.321. The third-order valence-electron chi connectivity index (χ3n) is 5.93. The van der Waals surface area contributed by atoms with E-state index >= 15 is 0 Å². The highest BCUT2D eigenvalue weighted by Gasteiger charge is 2.28. The van der Waals surface area contributed by atoms with Crippen molar-refractivity contribution in [1.82, 2.24) is 14.7 Å². The van der Waals surface area contributed by atoms with Crippen molar-refractivity contribution in [2.75, 3.05) is 26.3 Å². The lowest BCUT2D eigenvalue weighted by atomic mass is 10.1. The van der Waals surface area contributed by atoms with E-state index < -0.39 is 6.10 Å². The van der Waals surface area contributed by atoms with Crippen LogP contribution < -0.4 is 4.74 Å². The Hall–Kier alpha value is -3.11. The predicted molar refractivity (Wildman–Crippen MR) is 134 cm³/mol. The zero-order chi connectivity index (χ0) is 23.9. The number of terminal acetylenes is 1. The van der Waals surface area contributed by atoms with E-state index in [1.807, 2.05) is 49.5 Å². The third-order valence-corrected chi connectivity index (χ3v) is 5.93. The van der Waals surface area contributed by atoms with Crippen molar-refractivity contribution in [2.45, 2.75) is 32.4 Å². The van der Waals surface area contributed by atoms with Crippen molar-refractivity contribution < 1.29 is 14.6 Å². The molecule has 6 heteroatoms. The van der Waals surface area contributed by atoms with Crippen LogP contribution in [0.5, 0.6) is 11.6 Å². The van der Waals surface area contributed by atoms with E-state index in [1.54, 1.807) is 4.68 Å². The van der Waals surface area contributed by atoms with Gasteiger partial charge in [-0.05, 0) is 37.8 Å². The van der Waals surface area contributed by atoms with E-state index in [2.05, 4.69) is 29.9 Å². The number of benzene rings is 2. The first-order valence-electron chi connectivity index (χ1n) is 11.8. The van der Waals surface area contributed by atoms with Gasteiger partial charge in [-0.1, -0.05) is 53.9 Å². The molecule has 3 aromatic rings. The molecule has 1 heterocycles. The normalized spacial score (nSPS) is 14.2. The maximum Gasteiger partial charge on any atom is 0.222 e. The van der Waals surface area contributed by atoms with Crippen LogP contribution in [0.4, 0.5) is 0 Å². The second-order valence-electron chi connectivity index (χ2n) is 9.05. The fourth-order valence-corrected chi connectivity index (χ4v) is 4.07. The number of aryl methyl sites for hydroxylation is 2. The first-order valence-corrected chi connectivity index (χ1v) is 11.8. The molecule has 1 aliphatic carbocycles. The lowest BCUT2D eigenvalue weighted by Crippen LogP contribution is -2.36. The van der Waals surface area contributed by atoms with Crippen molar-refractivity contribution in [3.05, 3.63) is 65.7 Å². The SMILES string of the molecule is C#CCOCC(O)CN(Cc1c(-c2ccccc2)nn(C)c1Oc1ccc(C)cc1)CC1CC1. The minimum Gasteiger partial charge on any atom is -0.439 e. The molecule has 1 N–H and O–H groups in total. The Morgan fingerprint density at radius 1 is 1.18 bits per heavy atom. The Morgan fingerprint density at radius 3 is 2.59 bits per heavy atom. The van der Waals surface area contributed by atoms with Crippen molar-refractivity contribution in [1.29, 1.82) is 0 Å². The van der Waals surface area contributed by atoms with Crippen LogP contribution in [0.1, 0.15) is 24.0 Å². The van der Waals surface area contributed by atoms with Crippen LogP contribution >= 0.6 is 0 Å². The summed E-state index contributed by atoms with van der Waals surface area (Å²) in [5, 5.41) is 15.4. The minimum absolute atomic E-state index is 0.203. The maximum absolute atomic E-state index is 10.6. The highest BCUT2D eigenvalue weighted by molar-refractivity contribution is 5.65. The summed E-state index contributed by atoms with van der Waals surface area (Å²) < 4.78 is 13.5. The molecule has 178 valence electrons. The molecule has 1 saturated carbocycles. The van der Waals surface area contributed by atoms with E-state index in [0.29, 0.717) is 24.9 Å². The Bertz CT molecular complexity index is 1100. The highest BCUT2D eigenvalue weighted by Crippen LogP contribution is 2.36. The molecule has 0 amide bonds. The summed E-state index contributed by atoms with van der Waals surface area (Å²) >= 11 is 0. The van der Waals surface area contributed by atoms with E-state index in [1.165, 1.54) is 18.4 Å². The molecule has 2 aromatic carbocycles. The first-order chi connectivity index (χ1) is 16.5. The standard InChI is InChI=1S/C28H33N3O3/c1-4-16-33-20-24(32)18-31(17-22-12-13-22)19-26-27(23-8-6-5-7-9-23)29-30(3)28(26)34-25-14-10-21(2)11-15-25/h1,5-11,14-15,22,24,32H,12-13,16-20H2,2-3H3. The van der Waals surface area contributed by atoms with Gasteiger partial charge in [0, 0.05) is 32.2 Å². The fourth-order valence-electron chi connectivity index (χ4n) is 4.07. The van der Waals surface area contributed by atoms with Crippen LogP contribution in [0, 0.1) is 25.2 Å². The zero-order valence-corrected chi connectivity index (χ0v) is 20.0. The third kappa shape index (κ3) is 6.48. The Morgan fingerprint density at radius 2 is 1.91 bits per heavy atom. The molecule has 1 unspecified atom stereocenters. The van der Waals surface area contributed by atoms with Crippen molar-refractivity contribution >= 4 is 0 Å². The molecule has 0 spiro atoms. The summed E-state index contributed by atoms with van der Waals surface area (Å²) in [6.45, 7) is 4.50. The number of hydrogen-bond acceptors (Lipinski definition) is 5. The summed E-state index contributed by atoms with van der Waals surface area (Å²) in [7, 11) is 1.91. The molecule has 0 aliphatic heterocycles. The molecule has 34 heavy (non-hydrogen) atoms. The maximum atomic E-state index is 10.6. The lowest BCUT2D eigenvalue weighted by Gasteiger charge is -2.25. The molecular formula is C28H33N3O3. The van der Waals surface area contributed by atoms with Gasteiger partial charge in [0.2, 0.25) is 5.88 Å². The Labute approximate surface area is 202 Å². The van der Waals surface area contributed by atoms with Gasteiger partial charge in [0.15, 0.2) is 0 Å². The van der Waals surface area contributed by atoms with Gasteiger partial charge < -0.3 is 14.6 Å². The Balaban J connectivity index is 1.63. The molecular weight excluding hydrogens is 426 g/mol. The molecule has 0 saturated heterocycles. The molecule has 6 nitrogen and oxygen atoms in total. The average molecular weight is 460 g/mol. The van der Waals surface area contributed by atoms with Gasteiger partial charge >= 0.3 is 0 Å². The molecule has 0 bridgehead atoms. The van der Waals surface area contributed by atoms with Crippen LogP contribution in [0.3, 0.4) is 0 Å². The van der Waals surface area contributed by atoms with Gasteiger partial charge in [0.1, 0.15) is 18.1 Å². The summed E-state index contributed by atoms with van der Waals surface area (Å²) in [5.74, 6) is 4.59. The number of rotatable bonds is 12. The molecule has 4 rings (SSSR count). The minimum atomic E-state index is -0.620. The topological polar surface area (TPSA) is 59.8 Å². The van der Waals surface area contributed by atoms with Gasteiger partial charge in [-0.2, -0.15) is 5.10 Å². The average Bonchev–Trinajstić information content (AvgIpc) is 3.60. The van der Waals surface area contributed by atoms with Gasteiger partial charge in [0.05, 0.1) is 18.3 Å². The summed E-state index contributed by atoms with van der Waals surface area (Å²) in [5.41, 5.74) is 4.12. The number of hydrogen-bond donors (Lipinski definition) is 1. The van der Waals surface area contributed by atoms with Crippen molar-refractivity contribution in [2.24, 2.45) is 13.0 Å². The number of aromatic nitrogens is 2. The molecule has 0 radical (unpaired) electrons. The summed E-state index contributed by atoms with van der Waals surface area (Å²) in [6.07, 6.45) is 7.10. The van der Waals surface area contributed by atoms with E-state index in [0.717, 1.165) is 29.1 Å². The zero-order valence-electron chi connectivity index (χ0n) is 20.0. The predicted octanol–water partition coefficient (Wildman–Crippen LogP) is 4.41. The van der Waals surface area contributed by atoms with Crippen molar-refractivity contribution in [3.8, 4) is 35.2 Å². The van der Waals surface area contributed by atoms with Crippen LogP contribution in [-0.4, -0.2) is 52.2 Å². The van der Waals surface area contributed by atoms with Gasteiger partial charge in [-0.25, -0.2) is 4.68 Å². The van der Waals surface area contributed by atoms with Crippen LogP contribution in [0.15, 0.2) is 54.6 Å². The number of aliphatic hydroxyl groups excluding tert-OH is 1. The second-order valence-corrected chi connectivity index (χ2v) is 9.05. The highest BCUT2D eigenvalue weighted by atomic mass is 16.5. The van der Waals surface area contributed by atoms with Crippen molar-refractivity contribution in [3.63, 3.8) is 0 Å². The van der Waals surface area contributed by atoms with E-state index in [-0.39, 0.29) is 13.2 Å². The lowest BCUT2D eigenvalue weighted by molar-refractivity contribution is 0.0250. The van der Waals surface area contributed by atoms with E-state index in [4.69, 9.17) is 21.0 Å². The largest absolute Gasteiger partial charge is 0.439 e. The van der Waals surface area contributed by atoms with Crippen LogP contribution in [0.25, 0.3) is 11.3 Å². The van der Waals surface area contributed by atoms with Crippen LogP contribution in [0.2, 0.25) is 0 Å². The first kappa shape index (κ1) is 24.0. The molecule has 1 atom stereocenters. The summed E-state index contributed by atoms with van der Waals surface area (Å²) in [6, 6.07) is 18.2. The van der Waals surface area contributed by atoms with E-state index in [9.17, 15) is 5.11 Å². The molecule has 1 aromatic heterocycles. The monoisotopic (exact) mass is 459 g/mol. The number of nitrogens with zero attached hydrogens (tertiary/aromatic N) is 3. The van der Waals surface area contributed by atoms with Gasteiger partial charge in [-0.3, -0.25) is 4.90 Å². The summed E-state index contributed by atoms with van der Waals surface area (Å²) in [4.78, 5) is 2.28. The fraction of sp³-hybridized carbons (Fsp3) is 0.393. The number of aliphatic hydroxyl groups is 1. The molecule has 1 aliphatic rings. The smallest absolute Gasteiger partial charge is 0.222 e. The van der Waals surface area contributed by atoms with Gasteiger partial charge in [0.25, 0.3) is 0 Å². The number of ether oxygens (including phenoxy) is 2. The second kappa shape index (κ2) is 11.3.